The van der Waals surface area contributed by atoms with Crippen molar-refractivity contribution < 1.29 is 18.9 Å². The Morgan fingerprint density at radius 2 is 1.36 bits per heavy atom. The van der Waals surface area contributed by atoms with E-state index < -0.39 is 0 Å². The summed E-state index contributed by atoms with van der Waals surface area (Å²) in [6.45, 7) is 6.52. The van der Waals surface area contributed by atoms with Gasteiger partial charge in [-0.3, -0.25) is 0 Å². The van der Waals surface area contributed by atoms with Gasteiger partial charge >= 0.3 is 0 Å². The first-order valence-corrected chi connectivity index (χ1v) is 12.0. The second-order valence-electron chi connectivity index (χ2n) is 8.13. The predicted molar refractivity (Wildman–Crippen MR) is 137 cm³/mol. The monoisotopic (exact) mass is 495 g/mol. The van der Waals surface area contributed by atoms with Gasteiger partial charge in [-0.1, -0.05) is 35.9 Å². The van der Waals surface area contributed by atoms with E-state index >= 15 is 0 Å². The minimum Gasteiger partial charge on any atom is -0.454 e. The Balaban J connectivity index is 1.35. The quantitative estimate of drug-likeness (QED) is 0.231. The van der Waals surface area contributed by atoms with Crippen molar-refractivity contribution in [2.75, 3.05) is 62.3 Å². The predicted octanol–water partition coefficient (Wildman–Crippen LogP) is 2.54. The highest BCUT2D eigenvalue weighted by atomic mass is 16.7. The molecule has 0 fully saturated rings. The lowest BCUT2D eigenvalue weighted by atomic mass is 10.1. The van der Waals surface area contributed by atoms with E-state index in [1.165, 1.54) is 5.56 Å². The number of hydrogen-bond donors (Lipinski definition) is 4. The molecule has 2 heterocycles. The van der Waals surface area contributed by atoms with Gasteiger partial charge in [-0.05, 0) is 30.2 Å². The summed E-state index contributed by atoms with van der Waals surface area (Å²) in [5, 5.41) is 9.76. The lowest BCUT2D eigenvalue weighted by molar-refractivity contribution is 0.0547. The van der Waals surface area contributed by atoms with Crippen molar-refractivity contribution in [1.82, 2.24) is 15.0 Å². The van der Waals surface area contributed by atoms with Gasteiger partial charge in [0.25, 0.3) is 0 Å². The van der Waals surface area contributed by atoms with Crippen LogP contribution < -0.4 is 31.2 Å². The van der Waals surface area contributed by atoms with Crippen LogP contribution in [0.3, 0.4) is 0 Å². The maximum atomic E-state index is 5.57. The fourth-order valence-corrected chi connectivity index (χ4v) is 3.37. The van der Waals surface area contributed by atoms with Crippen molar-refractivity contribution in [2.24, 2.45) is 5.73 Å². The molecule has 0 atom stereocenters. The highest BCUT2D eigenvalue weighted by molar-refractivity contribution is 5.46. The molecule has 1 aromatic heterocycles. The van der Waals surface area contributed by atoms with Gasteiger partial charge in [-0.15, -0.1) is 0 Å². The Labute approximate surface area is 210 Å². The summed E-state index contributed by atoms with van der Waals surface area (Å²) in [6.07, 6.45) is 0. The molecule has 0 radical (unpaired) electrons. The van der Waals surface area contributed by atoms with E-state index in [-0.39, 0.29) is 6.79 Å². The zero-order chi connectivity index (χ0) is 25.0. The molecule has 1 aliphatic rings. The number of aryl methyl sites for hydroxylation is 1. The zero-order valence-corrected chi connectivity index (χ0v) is 20.5. The van der Waals surface area contributed by atoms with Crippen LogP contribution in [0.5, 0.6) is 11.5 Å². The third-order valence-corrected chi connectivity index (χ3v) is 5.26. The average Bonchev–Trinajstić information content (AvgIpc) is 3.37. The van der Waals surface area contributed by atoms with Gasteiger partial charge in [0.15, 0.2) is 11.5 Å². The van der Waals surface area contributed by atoms with Crippen LogP contribution >= 0.6 is 0 Å². The summed E-state index contributed by atoms with van der Waals surface area (Å²) in [6, 6.07) is 14.1. The standard InChI is InChI=1S/C25H33N7O4/c1-18-2-4-19(5-3-18)15-28-24-30-23(27-9-11-34-13-12-33-10-8-26)31-25(32-24)29-16-20-6-7-21-22(14-20)36-17-35-21/h2-7,14H,8-13,15-17,26H2,1H3,(H3,27,28,29,30,31,32). The van der Waals surface area contributed by atoms with Crippen molar-refractivity contribution in [3.8, 4) is 11.5 Å². The number of fused-ring (bicyclic) bond motifs is 1. The lowest BCUT2D eigenvalue weighted by Crippen LogP contribution is -2.17. The number of nitrogens with one attached hydrogen (secondary N) is 3. The van der Waals surface area contributed by atoms with Crippen LogP contribution in [0.2, 0.25) is 0 Å². The molecular weight excluding hydrogens is 462 g/mol. The molecule has 2 aromatic carbocycles. The third-order valence-electron chi connectivity index (χ3n) is 5.26. The number of hydrogen-bond acceptors (Lipinski definition) is 11. The molecule has 3 aromatic rings. The van der Waals surface area contributed by atoms with Crippen molar-refractivity contribution in [2.45, 2.75) is 20.0 Å². The first kappa shape index (κ1) is 25.4. The molecule has 0 saturated heterocycles. The second kappa shape index (κ2) is 13.4. The minimum absolute atomic E-state index is 0.245. The number of rotatable bonds is 15. The maximum Gasteiger partial charge on any atom is 0.231 e. The van der Waals surface area contributed by atoms with Crippen molar-refractivity contribution >= 4 is 17.8 Å². The highest BCUT2D eigenvalue weighted by Crippen LogP contribution is 2.32. The van der Waals surface area contributed by atoms with Crippen molar-refractivity contribution in [3.63, 3.8) is 0 Å². The molecule has 5 N–H and O–H groups in total. The Hall–Kier alpha value is -3.67. The van der Waals surface area contributed by atoms with Crippen LogP contribution in [0.25, 0.3) is 0 Å². The van der Waals surface area contributed by atoms with Gasteiger partial charge < -0.3 is 40.6 Å². The summed E-state index contributed by atoms with van der Waals surface area (Å²) in [4.78, 5) is 13.6. The molecule has 1 aliphatic heterocycles. The van der Waals surface area contributed by atoms with E-state index in [2.05, 4.69) is 62.1 Å². The smallest absolute Gasteiger partial charge is 0.231 e. The van der Waals surface area contributed by atoms with E-state index in [9.17, 15) is 0 Å². The van der Waals surface area contributed by atoms with Crippen LogP contribution in [0, 0.1) is 6.92 Å². The number of anilines is 3. The summed E-state index contributed by atoms with van der Waals surface area (Å²) < 4.78 is 21.7. The summed E-state index contributed by atoms with van der Waals surface area (Å²) in [7, 11) is 0. The molecule has 0 saturated carbocycles. The van der Waals surface area contributed by atoms with E-state index in [0.29, 0.717) is 70.5 Å². The van der Waals surface area contributed by atoms with Crippen LogP contribution in [0.1, 0.15) is 16.7 Å². The molecule has 36 heavy (non-hydrogen) atoms. The van der Waals surface area contributed by atoms with Gasteiger partial charge in [0, 0.05) is 26.2 Å². The largest absolute Gasteiger partial charge is 0.454 e. The van der Waals surface area contributed by atoms with Crippen LogP contribution in [-0.4, -0.2) is 61.3 Å². The Morgan fingerprint density at radius 1 is 0.750 bits per heavy atom. The Kier molecular flexibility index (Phi) is 9.48. The first-order valence-electron chi connectivity index (χ1n) is 12.0. The second-order valence-corrected chi connectivity index (χ2v) is 8.13. The van der Waals surface area contributed by atoms with Crippen molar-refractivity contribution in [3.05, 3.63) is 59.2 Å². The molecule has 11 heteroatoms. The number of aromatic nitrogens is 3. The molecule has 4 rings (SSSR count). The normalized spacial score (nSPS) is 11.9. The molecule has 0 amide bonds. The molecule has 192 valence electrons. The van der Waals surface area contributed by atoms with E-state index in [1.54, 1.807) is 0 Å². The van der Waals surface area contributed by atoms with Gasteiger partial charge in [0.2, 0.25) is 24.6 Å². The molecule has 0 bridgehead atoms. The number of ether oxygens (including phenoxy) is 4. The SMILES string of the molecule is Cc1ccc(CNc2nc(NCCOCCOCCN)nc(NCc3ccc4c(c3)OCO4)n2)cc1. The fraction of sp³-hybridized carbons (Fsp3) is 0.400. The molecular formula is C25H33N7O4. The number of nitrogens with two attached hydrogens (primary N) is 1. The maximum absolute atomic E-state index is 5.57. The van der Waals surface area contributed by atoms with Gasteiger partial charge in [-0.25, -0.2) is 0 Å². The molecule has 0 spiro atoms. The molecule has 0 unspecified atom stereocenters. The summed E-state index contributed by atoms with van der Waals surface area (Å²) in [5.74, 6) is 2.86. The van der Waals surface area contributed by atoms with Gasteiger partial charge in [-0.2, -0.15) is 15.0 Å². The zero-order valence-electron chi connectivity index (χ0n) is 20.5. The Bertz CT molecular complexity index is 1100. The first-order chi connectivity index (χ1) is 17.7. The van der Waals surface area contributed by atoms with Gasteiger partial charge in [0.1, 0.15) is 0 Å². The van der Waals surface area contributed by atoms with E-state index in [1.807, 2.05) is 18.2 Å². The molecule has 0 aliphatic carbocycles. The summed E-state index contributed by atoms with van der Waals surface area (Å²) >= 11 is 0. The molecule has 11 nitrogen and oxygen atoms in total. The Morgan fingerprint density at radius 3 is 2.08 bits per heavy atom. The van der Waals surface area contributed by atoms with Gasteiger partial charge in [0.05, 0.1) is 26.4 Å². The van der Waals surface area contributed by atoms with E-state index in [4.69, 9.17) is 24.7 Å². The lowest BCUT2D eigenvalue weighted by Gasteiger charge is -2.12. The minimum atomic E-state index is 0.245. The van der Waals surface area contributed by atoms with Crippen LogP contribution in [-0.2, 0) is 22.6 Å². The summed E-state index contributed by atoms with van der Waals surface area (Å²) in [5.41, 5.74) is 8.77. The number of nitrogens with zero attached hydrogens (tertiary/aromatic N) is 3. The third kappa shape index (κ3) is 7.94. The topological polar surface area (TPSA) is 138 Å². The highest BCUT2D eigenvalue weighted by Gasteiger charge is 2.13. The van der Waals surface area contributed by atoms with Crippen LogP contribution in [0.15, 0.2) is 42.5 Å². The fourth-order valence-electron chi connectivity index (χ4n) is 3.37. The van der Waals surface area contributed by atoms with Crippen LogP contribution in [0.4, 0.5) is 17.8 Å². The van der Waals surface area contributed by atoms with Crippen molar-refractivity contribution in [1.29, 1.82) is 0 Å². The number of benzene rings is 2. The van der Waals surface area contributed by atoms with E-state index in [0.717, 1.165) is 22.6 Å². The average molecular weight is 496 g/mol.